The molecule has 35 heavy (non-hydrogen) atoms. The highest BCUT2D eigenvalue weighted by atomic mass is 35.5. The van der Waals surface area contributed by atoms with Crippen LogP contribution >= 0.6 is 11.6 Å². The van der Waals surface area contributed by atoms with Crippen LogP contribution in [-0.2, 0) is 16.1 Å². The second-order valence-corrected chi connectivity index (χ2v) is 9.11. The molecule has 0 spiro atoms. The minimum absolute atomic E-state index is 0.250. The van der Waals surface area contributed by atoms with Gasteiger partial charge in [0.15, 0.2) is 0 Å². The Morgan fingerprint density at radius 3 is 2.66 bits per heavy atom. The Labute approximate surface area is 209 Å². The number of anilines is 1. The number of fused-ring (bicyclic) bond motifs is 1. The average Bonchev–Trinajstić information content (AvgIpc) is 3.27. The summed E-state index contributed by atoms with van der Waals surface area (Å²) in [5.74, 6) is -0.250. The van der Waals surface area contributed by atoms with E-state index in [1.165, 1.54) is 11.6 Å². The lowest BCUT2D eigenvalue weighted by Gasteiger charge is -2.26. The number of carbonyl (C=O) groups excluding carboxylic acids is 1. The van der Waals surface area contributed by atoms with Gasteiger partial charge in [-0.1, -0.05) is 54.6 Å². The lowest BCUT2D eigenvalue weighted by molar-refractivity contribution is -0.111. The molecule has 2 N–H and O–H groups in total. The molecule has 4 aromatic rings. The first kappa shape index (κ1) is 23.3. The van der Waals surface area contributed by atoms with Crippen LogP contribution in [0, 0.1) is 6.92 Å². The van der Waals surface area contributed by atoms with E-state index in [2.05, 4.69) is 51.0 Å². The fourth-order valence-electron chi connectivity index (χ4n) is 4.47. The van der Waals surface area contributed by atoms with Crippen LogP contribution in [0.1, 0.15) is 11.1 Å². The summed E-state index contributed by atoms with van der Waals surface area (Å²) in [4.78, 5) is 22.4. The maximum Gasteiger partial charge on any atom is 0.247 e. The van der Waals surface area contributed by atoms with E-state index in [0.29, 0.717) is 5.02 Å². The van der Waals surface area contributed by atoms with Crippen molar-refractivity contribution in [1.82, 2.24) is 14.9 Å². The monoisotopic (exact) mass is 486 g/mol. The highest BCUT2D eigenvalue weighted by Gasteiger charge is 2.19. The average molecular weight is 487 g/mol. The minimum atomic E-state index is -0.250. The molecule has 0 bridgehead atoms. The number of aromatic amines is 1. The Bertz CT molecular complexity index is 1390. The molecular weight excluding hydrogens is 460 g/mol. The van der Waals surface area contributed by atoms with Crippen LogP contribution in [-0.4, -0.2) is 47.1 Å². The van der Waals surface area contributed by atoms with Crippen molar-refractivity contribution in [3.05, 3.63) is 83.5 Å². The summed E-state index contributed by atoms with van der Waals surface area (Å²) in [7, 11) is 0. The van der Waals surface area contributed by atoms with E-state index in [0.717, 1.165) is 77.5 Å². The van der Waals surface area contributed by atoms with Gasteiger partial charge in [0, 0.05) is 42.5 Å². The van der Waals surface area contributed by atoms with Gasteiger partial charge in [-0.2, -0.15) is 0 Å². The molecule has 1 aliphatic rings. The van der Waals surface area contributed by atoms with Gasteiger partial charge in [-0.05, 0) is 47.4 Å². The summed E-state index contributed by atoms with van der Waals surface area (Å²) in [5.41, 5.74) is 7.53. The summed E-state index contributed by atoms with van der Waals surface area (Å²) >= 11 is 6.67. The van der Waals surface area contributed by atoms with Gasteiger partial charge in [0.25, 0.3) is 0 Å². The van der Waals surface area contributed by atoms with E-state index < -0.39 is 0 Å². The van der Waals surface area contributed by atoms with E-state index in [1.54, 1.807) is 12.3 Å². The van der Waals surface area contributed by atoms with Crippen molar-refractivity contribution in [2.45, 2.75) is 13.5 Å². The van der Waals surface area contributed by atoms with Crippen LogP contribution in [0.2, 0.25) is 5.02 Å². The highest BCUT2D eigenvalue weighted by molar-refractivity contribution is 6.36. The molecule has 5 rings (SSSR count). The van der Waals surface area contributed by atoms with Gasteiger partial charge in [0.1, 0.15) is 5.65 Å². The molecule has 7 heteroatoms. The Morgan fingerprint density at radius 2 is 1.91 bits per heavy atom. The summed E-state index contributed by atoms with van der Waals surface area (Å²) in [6.45, 7) is 9.90. The summed E-state index contributed by atoms with van der Waals surface area (Å²) in [5, 5.41) is 4.37. The third-order valence-corrected chi connectivity index (χ3v) is 6.68. The lowest BCUT2D eigenvalue weighted by atomic mass is 9.96. The largest absolute Gasteiger partial charge is 0.379 e. The van der Waals surface area contributed by atoms with Crippen molar-refractivity contribution < 1.29 is 9.53 Å². The molecule has 3 heterocycles. The second kappa shape index (κ2) is 10.0. The summed E-state index contributed by atoms with van der Waals surface area (Å²) < 4.78 is 5.46. The van der Waals surface area contributed by atoms with Gasteiger partial charge in [-0.3, -0.25) is 9.69 Å². The number of hydrogen-bond donors (Lipinski definition) is 2. The van der Waals surface area contributed by atoms with Crippen LogP contribution in [0.3, 0.4) is 0 Å². The molecule has 1 saturated heterocycles. The molecule has 1 fully saturated rings. The molecule has 2 aromatic carbocycles. The van der Waals surface area contributed by atoms with Gasteiger partial charge in [0.2, 0.25) is 5.91 Å². The third-order valence-electron chi connectivity index (χ3n) is 6.37. The zero-order valence-electron chi connectivity index (χ0n) is 19.6. The van der Waals surface area contributed by atoms with Gasteiger partial charge in [0.05, 0.1) is 23.9 Å². The van der Waals surface area contributed by atoms with E-state index in [1.807, 2.05) is 25.1 Å². The first-order chi connectivity index (χ1) is 17.0. The summed E-state index contributed by atoms with van der Waals surface area (Å²) in [6, 6.07) is 16.4. The van der Waals surface area contributed by atoms with Crippen LogP contribution in [0.5, 0.6) is 0 Å². The first-order valence-corrected chi connectivity index (χ1v) is 12.0. The SMILES string of the molecule is C=CC(=O)Nc1cc(-c2c(-c3ccc(CN4CCOCC4)cc3)[nH]c3nccc(Cl)c23)ccc1C. The number of nitrogens with zero attached hydrogens (tertiary/aromatic N) is 2. The molecule has 0 radical (unpaired) electrons. The number of amides is 1. The number of halogens is 1. The Balaban J connectivity index is 1.57. The zero-order valence-corrected chi connectivity index (χ0v) is 20.4. The summed E-state index contributed by atoms with van der Waals surface area (Å²) in [6.07, 6.45) is 2.97. The molecule has 1 amide bonds. The second-order valence-electron chi connectivity index (χ2n) is 8.70. The number of nitrogens with one attached hydrogen (secondary N) is 2. The number of benzene rings is 2. The van der Waals surface area contributed by atoms with Crippen molar-refractivity contribution in [3.8, 4) is 22.4 Å². The van der Waals surface area contributed by atoms with Gasteiger partial charge in [-0.25, -0.2) is 4.98 Å². The van der Waals surface area contributed by atoms with Gasteiger partial charge >= 0.3 is 0 Å². The highest BCUT2D eigenvalue weighted by Crippen LogP contribution is 2.41. The molecule has 0 aliphatic carbocycles. The standard InChI is InChI=1S/C28H27ClN4O2/c1-3-24(34)31-23-16-21(7-4-18(23)2)25-26-22(29)10-11-30-28(26)32-27(25)20-8-5-19(6-9-20)17-33-12-14-35-15-13-33/h3-11,16H,1,12-15,17H2,2H3,(H,30,32)(H,31,34). The number of pyridine rings is 1. The topological polar surface area (TPSA) is 70.2 Å². The van der Waals surface area contributed by atoms with Crippen molar-refractivity contribution in [3.63, 3.8) is 0 Å². The van der Waals surface area contributed by atoms with Crippen LogP contribution in [0.25, 0.3) is 33.4 Å². The number of carbonyl (C=O) groups is 1. The third kappa shape index (κ3) is 4.86. The maximum atomic E-state index is 12.0. The van der Waals surface area contributed by atoms with Crippen molar-refractivity contribution in [1.29, 1.82) is 0 Å². The Hall–Kier alpha value is -3.45. The lowest BCUT2D eigenvalue weighted by Crippen LogP contribution is -2.35. The van der Waals surface area contributed by atoms with Crippen molar-refractivity contribution in [2.24, 2.45) is 0 Å². The zero-order chi connectivity index (χ0) is 24.4. The number of morpholine rings is 1. The normalized spacial score (nSPS) is 14.2. The van der Waals surface area contributed by atoms with Gasteiger partial charge in [-0.15, -0.1) is 0 Å². The van der Waals surface area contributed by atoms with E-state index >= 15 is 0 Å². The Morgan fingerprint density at radius 1 is 1.17 bits per heavy atom. The van der Waals surface area contributed by atoms with Crippen LogP contribution in [0.4, 0.5) is 5.69 Å². The molecule has 0 atom stereocenters. The molecule has 2 aromatic heterocycles. The smallest absolute Gasteiger partial charge is 0.247 e. The number of aryl methyl sites for hydroxylation is 1. The molecule has 6 nitrogen and oxygen atoms in total. The predicted molar refractivity (Wildman–Crippen MR) is 142 cm³/mol. The Kier molecular flexibility index (Phi) is 6.68. The van der Waals surface area contributed by atoms with Crippen molar-refractivity contribution in [2.75, 3.05) is 31.6 Å². The van der Waals surface area contributed by atoms with Crippen LogP contribution in [0.15, 0.2) is 67.4 Å². The van der Waals surface area contributed by atoms with Gasteiger partial charge < -0.3 is 15.0 Å². The first-order valence-electron chi connectivity index (χ1n) is 11.6. The number of ether oxygens (including phenoxy) is 1. The quantitative estimate of drug-likeness (QED) is 0.337. The fraction of sp³-hybridized carbons (Fsp3) is 0.214. The fourth-order valence-corrected chi connectivity index (χ4v) is 4.71. The maximum absolute atomic E-state index is 12.0. The molecule has 178 valence electrons. The number of rotatable bonds is 6. The van der Waals surface area contributed by atoms with E-state index in [9.17, 15) is 4.79 Å². The number of hydrogen-bond acceptors (Lipinski definition) is 4. The molecule has 1 aliphatic heterocycles. The predicted octanol–water partition coefficient (Wildman–Crippen LogP) is 5.82. The molecule has 0 unspecified atom stereocenters. The van der Waals surface area contributed by atoms with Crippen molar-refractivity contribution >= 4 is 34.2 Å². The van der Waals surface area contributed by atoms with E-state index in [4.69, 9.17) is 16.3 Å². The minimum Gasteiger partial charge on any atom is -0.379 e. The molecule has 0 saturated carbocycles. The number of H-pyrrole nitrogens is 1. The van der Waals surface area contributed by atoms with E-state index in [-0.39, 0.29) is 5.91 Å². The van der Waals surface area contributed by atoms with Crippen LogP contribution < -0.4 is 5.32 Å². The molecular formula is C28H27ClN4O2. The number of aromatic nitrogens is 2.